The summed E-state index contributed by atoms with van der Waals surface area (Å²) in [4.78, 5) is 20.2. The molecule has 1 fully saturated rings. The summed E-state index contributed by atoms with van der Waals surface area (Å²) in [6.07, 6.45) is 2.17. The number of halogens is 2. The minimum Gasteiger partial charge on any atom is -0.351 e. The second kappa shape index (κ2) is 7.18. The quantitative estimate of drug-likeness (QED) is 0.440. The van der Waals surface area contributed by atoms with E-state index in [4.69, 9.17) is 4.98 Å². The fraction of sp³-hybridized carbons (Fsp3) is 0.474. The van der Waals surface area contributed by atoms with Crippen molar-refractivity contribution in [1.82, 2.24) is 14.5 Å². The van der Waals surface area contributed by atoms with Crippen molar-refractivity contribution < 1.29 is 2.73 Å². The summed E-state index contributed by atoms with van der Waals surface area (Å²) in [6, 6.07) is 11.0. The van der Waals surface area contributed by atoms with E-state index in [1.807, 2.05) is 4.57 Å². The van der Waals surface area contributed by atoms with Gasteiger partial charge in [0.2, 0.25) is 5.82 Å². The van der Waals surface area contributed by atoms with Gasteiger partial charge in [0.1, 0.15) is 0 Å². The predicted octanol–water partition coefficient (Wildman–Crippen LogP) is 3.46. The molecule has 2 bridgehead atoms. The van der Waals surface area contributed by atoms with E-state index in [9.17, 15) is 4.79 Å². The number of alkyl halides is 1. The molecule has 4 heterocycles. The zero-order valence-corrected chi connectivity index (χ0v) is 19.4. The second-order valence-electron chi connectivity index (χ2n) is 7.56. The van der Waals surface area contributed by atoms with Gasteiger partial charge in [0.05, 0.1) is 27.6 Å². The van der Waals surface area contributed by atoms with E-state index in [1.54, 1.807) is 0 Å². The lowest BCUT2D eigenvalue weighted by atomic mass is 9.88. The molecule has 1 saturated heterocycles. The van der Waals surface area contributed by atoms with Crippen molar-refractivity contribution in [3.63, 3.8) is 0 Å². The summed E-state index contributed by atoms with van der Waals surface area (Å²) in [6.45, 7) is 3.10. The first-order chi connectivity index (χ1) is 13.1. The Bertz CT molecular complexity index is 974. The van der Waals surface area contributed by atoms with E-state index in [0.717, 1.165) is 47.8 Å². The van der Waals surface area contributed by atoms with Gasteiger partial charge in [-0.1, -0.05) is 35.3 Å². The van der Waals surface area contributed by atoms with Crippen LogP contribution in [0.1, 0.15) is 28.4 Å². The van der Waals surface area contributed by atoms with Crippen LogP contribution in [0.3, 0.4) is 0 Å². The van der Waals surface area contributed by atoms with Gasteiger partial charge in [0, 0.05) is 25.6 Å². The van der Waals surface area contributed by atoms with Crippen LogP contribution in [0.2, 0.25) is 0 Å². The highest BCUT2D eigenvalue weighted by Crippen LogP contribution is 2.44. The summed E-state index contributed by atoms with van der Waals surface area (Å²) >= 11 is 2.06. The number of nitrogens with one attached hydrogen (secondary N) is 1. The van der Waals surface area contributed by atoms with Gasteiger partial charge in [-0.05, 0) is 47.5 Å². The van der Waals surface area contributed by atoms with Gasteiger partial charge in [-0.3, -0.25) is 0 Å². The number of aromatic nitrogens is 2. The molecule has 3 aliphatic heterocycles. The van der Waals surface area contributed by atoms with Crippen molar-refractivity contribution in [3.8, 4) is 0 Å². The molecule has 0 spiro atoms. The first-order valence-electron chi connectivity index (χ1n) is 9.33. The molecule has 0 radical (unpaired) electrons. The highest BCUT2D eigenvalue weighted by atomic mass is 127. The van der Waals surface area contributed by atoms with Gasteiger partial charge in [0.15, 0.2) is 7.62 Å². The average molecular weight is 590 g/mol. The lowest BCUT2D eigenvalue weighted by molar-refractivity contribution is -0.398. The van der Waals surface area contributed by atoms with E-state index in [-0.39, 0.29) is 26.6 Å². The average Bonchev–Trinajstić information content (AvgIpc) is 3.28. The number of piperidine rings is 1. The van der Waals surface area contributed by atoms with Crippen molar-refractivity contribution in [2.75, 3.05) is 32.0 Å². The number of benzene rings is 1. The van der Waals surface area contributed by atoms with Crippen LogP contribution in [-0.4, -0.2) is 49.9 Å². The zero-order chi connectivity index (χ0) is 18.5. The Labute approximate surface area is 182 Å². The van der Waals surface area contributed by atoms with Gasteiger partial charge < -0.3 is 10.2 Å². The molecule has 27 heavy (non-hydrogen) atoms. The third-order valence-corrected chi connectivity index (χ3v) is 9.96. The SMILES string of the molecule is CN1C[C@H](Nc2nc3n(c(=O)c2I)[C@H]2CC[N+]3=I2)C[C@H](c2ccccc2)C1. The molecule has 3 atom stereocenters. The normalized spacial score (nSPS) is 27.0. The molecule has 0 amide bonds. The van der Waals surface area contributed by atoms with Crippen LogP contribution < -0.4 is 10.9 Å². The van der Waals surface area contributed by atoms with Gasteiger partial charge >= 0.3 is 11.5 Å². The van der Waals surface area contributed by atoms with Crippen LogP contribution in [-0.2, 0) is 0 Å². The summed E-state index contributed by atoms with van der Waals surface area (Å²) in [5.41, 5.74) is 1.53. The maximum atomic E-state index is 12.9. The van der Waals surface area contributed by atoms with Crippen molar-refractivity contribution in [3.05, 3.63) is 49.8 Å². The number of hydrogen-bond acceptors (Lipinski definition) is 4. The maximum Gasteiger partial charge on any atom is 0.408 e. The number of likely N-dealkylation sites (N-methyl/N-ethyl adjacent to an activating group) is 1. The van der Waals surface area contributed by atoms with E-state index >= 15 is 0 Å². The fourth-order valence-electron chi connectivity index (χ4n) is 4.37. The zero-order valence-electron chi connectivity index (χ0n) is 15.1. The molecule has 0 saturated carbocycles. The molecule has 142 valence electrons. The molecular formula is C19H22I2N5O+. The Kier molecular flexibility index (Phi) is 4.83. The van der Waals surface area contributed by atoms with Crippen molar-refractivity contribution in [2.24, 2.45) is 0 Å². The Morgan fingerprint density at radius 2 is 2.11 bits per heavy atom. The summed E-state index contributed by atoms with van der Waals surface area (Å²) in [5.74, 6) is 2.17. The molecule has 0 aliphatic carbocycles. The molecular weight excluding hydrogens is 568 g/mol. The molecule has 2 aromatic rings. The number of nitrogens with zero attached hydrogens (tertiary/aromatic N) is 4. The Morgan fingerprint density at radius 3 is 2.93 bits per heavy atom. The first kappa shape index (κ1) is 18.2. The number of rotatable bonds is 3. The third-order valence-electron chi connectivity index (χ3n) is 5.58. The molecule has 8 heteroatoms. The van der Waals surface area contributed by atoms with Gasteiger partial charge in [-0.15, -0.1) is 0 Å². The monoisotopic (exact) mass is 590 g/mol. The van der Waals surface area contributed by atoms with Crippen LogP contribution in [0.25, 0.3) is 0 Å². The van der Waals surface area contributed by atoms with Crippen molar-refractivity contribution >= 4 is 55.4 Å². The molecule has 3 aliphatic rings. The summed E-state index contributed by atoms with van der Waals surface area (Å²) < 4.78 is 5.46. The third kappa shape index (κ3) is 3.27. The Morgan fingerprint density at radius 1 is 1.30 bits per heavy atom. The van der Waals surface area contributed by atoms with Gasteiger partial charge in [-0.2, -0.15) is 4.57 Å². The molecule has 1 N–H and O–H groups in total. The van der Waals surface area contributed by atoms with Crippen LogP contribution >= 0.6 is 43.6 Å². The molecule has 1 aromatic carbocycles. The Balaban J connectivity index is 1.42. The molecule has 1 aromatic heterocycles. The van der Waals surface area contributed by atoms with Crippen LogP contribution in [0.15, 0.2) is 35.1 Å². The maximum absolute atomic E-state index is 12.9. The van der Waals surface area contributed by atoms with E-state index < -0.39 is 0 Å². The number of anilines is 1. The topological polar surface area (TPSA) is 53.2 Å². The molecule has 0 unspecified atom stereocenters. The molecule has 6 nitrogen and oxygen atoms in total. The highest BCUT2D eigenvalue weighted by molar-refractivity contribution is 14.1. The fourth-order valence-corrected chi connectivity index (χ4v) is 8.14. The van der Waals surface area contributed by atoms with Crippen LogP contribution in [0, 0.1) is 3.57 Å². The lowest BCUT2D eigenvalue weighted by Gasteiger charge is -2.36. The van der Waals surface area contributed by atoms with Crippen molar-refractivity contribution in [2.45, 2.75) is 28.8 Å². The van der Waals surface area contributed by atoms with E-state index in [1.165, 1.54) is 5.56 Å². The number of fused-ring (bicyclic) bond motifs is 4. The van der Waals surface area contributed by atoms with Gasteiger partial charge in [-0.25, -0.2) is 7.52 Å². The standard InChI is InChI=1S/C19H21I2N5O/c1-24-10-13(12-5-3-2-4-6-12)9-14(11-24)22-17-16(20)18(27)26-15-7-8-25(21-15)19(26)23-17/h2-6,13-15H,7-11H2,1H3/p+1/t13-,14+,15-/m0/s1. The highest BCUT2D eigenvalue weighted by Gasteiger charge is 2.41. The summed E-state index contributed by atoms with van der Waals surface area (Å²) in [7, 11) is 2.18. The predicted molar refractivity (Wildman–Crippen MR) is 122 cm³/mol. The number of likely N-dealkylation sites (tertiary alicyclic amines) is 1. The van der Waals surface area contributed by atoms with Crippen molar-refractivity contribution in [1.29, 1.82) is 0 Å². The van der Waals surface area contributed by atoms with E-state index in [0.29, 0.717) is 16.0 Å². The van der Waals surface area contributed by atoms with E-state index in [2.05, 4.69) is 72.9 Å². The van der Waals surface area contributed by atoms with Gasteiger partial charge in [0.25, 0.3) is 0 Å². The van der Waals surface area contributed by atoms with Crippen LogP contribution in [0.5, 0.6) is 0 Å². The Hall–Kier alpha value is -0.880. The lowest BCUT2D eigenvalue weighted by Crippen LogP contribution is -2.44. The minimum atomic E-state index is -0.116. The molecule has 5 rings (SSSR count). The van der Waals surface area contributed by atoms with Crippen LogP contribution in [0.4, 0.5) is 11.8 Å². The largest absolute Gasteiger partial charge is 0.408 e. The number of hydrogen-bond donors (Lipinski definition) is 1. The first-order valence-corrected chi connectivity index (χ1v) is 12.6. The second-order valence-corrected chi connectivity index (χ2v) is 11.8. The smallest absolute Gasteiger partial charge is 0.351 e. The minimum absolute atomic E-state index is 0.116. The summed E-state index contributed by atoms with van der Waals surface area (Å²) in [5, 5.41) is 3.62.